The summed E-state index contributed by atoms with van der Waals surface area (Å²) in [6.07, 6.45) is 2.17. The van der Waals surface area contributed by atoms with Crippen LogP contribution in [0.25, 0.3) is 22.3 Å². The third-order valence-electron chi connectivity index (χ3n) is 4.60. The molecule has 0 saturated carbocycles. The van der Waals surface area contributed by atoms with Gasteiger partial charge in [-0.25, -0.2) is 4.98 Å². The Labute approximate surface area is 143 Å². The molecule has 3 rings (SSSR count). The highest BCUT2D eigenvalue weighted by atomic mass is 15.0. The average molecular weight is 322 g/mol. The molecule has 0 aliphatic rings. The van der Waals surface area contributed by atoms with Crippen LogP contribution in [0.2, 0.25) is 0 Å². The van der Waals surface area contributed by atoms with Gasteiger partial charge in [0.1, 0.15) is 0 Å². The predicted octanol–water partition coefficient (Wildman–Crippen LogP) is 4.32. The van der Waals surface area contributed by atoms with Gasteiger partial charge in [0.25, 0.3) is 0 Å². The van der Waals surface area contributed by atoms with Crippen LogP contribution >= 0.6 is 0 Å². The molecule has 126 valence electrons. The van der Waals surface area contributed by atoms with Crippen LogP contribution in [0, 0.1) is 13.8 Å². The molecule has 24 heavy (non-hydrogen) atoms. The summed E-state index contributed by atoms with van der Waals surface area (Å²) in [5, 5.41) is 0. The van der Waals surface area contributed by atoms with Crippen LogP contribution in [0.15, 0.2) is 24.4 Å². The SMILES string of the molecule is CCn1cc(C)c2nc(-c3ccc(C(C)C)nc3CN)c(C)cc21. The number of nitrogens with zero attached hydrogens (tertiary/aromatic N) is 3. The van der Waals surface area contributed by atoms with Crippen LogP contribution in [-0.2, 0) is 13.1 Å². The van der Waals surface area contributed by atoms with Crippen LogP contribution in [-0.4, -0.2) is 14.5 Å². The van der Waals surface area contributed by atoms with E-state index in [1.165, 1.54) is 11.1 Å². The van der Waals surface area contributed by atoms with E-state index in [2.05, 4.69) is 63.6 Å². The minimum Gasteiger partial charge on any atom is -0.346 e. The van der Waals surface area contributed by atoms with E-state index in [0.29, 0.717) is 12.5 Å². The number of rotatable bonds is 4. The van der Waals surface area contributed by atoms with Gasteiger partial charge < -0.3 is 10.3 Å². The second-order valence-electron chi connectivity index (χ2n) is 6.71. The van der Waals surface area contributed by atoms with E-state index in [-0.39, 0.29) is 0 Å². The summed E-state index contributed by atoms with van der Waals surface area (Å²) in [6.45, 7) is 12.0. The zero-order valence-corrected chi connectivity index (χ0v) is 15.2. The second kappa shape index (κ2) is 6.36. The van der Waals surface area contributed by atoms with Crippen molar-refractivity contribution in [3.63, 3.8) is 0 Å². The van der Waals surface area contributed by atoms with E-state index < -0.39 is 0 Å². The number of fused-ring (bicyclic) bond motifs is 1. The predicted molar refractivity (Wildman–Crippen MR) is 100 cm³/mol. The fraction of sp³-hybridized carbons (Fsp3) is 0.400. The summed E-state index contributed by atoms with van der Waals surface area (Å²) in [5.74, 6) is 0.390. The van der Waals surface area contributed by atoms with Gasteiger partial charge in [0.15, 0.2) is 0 Å². The van der Waals surface area contributed by atoms with Crippen molar-refractivity contribution in [3.8, 4) is 11.3 Å². The Balaban J connectivity index is 2.22. The van der Waals surface area contributed by atoms with Crippen LogP contribution in [0.1, 0.15) is 49.2 Å². The van der Waals surface area contributed by atoms with Gasteiger partial charge in [0, 0.05) is 30.5 Å². The molecule has 0 aliphatic carbocycles. The van der Waals surface area contributed by atoms with Crippen LogP contribution < -0.4 is 5.73 Å². The zero-order chi connectivity index (χ0) is 17.4. The summed E-state index contributed by atoms with van der Waals surface area (Å²) >= 11 is 0. The molecule has 0 unspecified atom stereocenters. The molecule has 0 bridgehead atoms. The highest BCUT2D eigenvalue weighted by Gasteiger charge is 2.15. The molecule has 3 heterocycles. The second-order valence-corrected chi connectivity index (χ2v) is 6.71. The lowest BCUT2D eigenvalue weighted by molar-refractivity contribution is 0.794. The Kier molecular flexibility index (Phi) is 4.41. The van der Waals surface area contributed by atoms with Crippen molar-refractivity contribution in [2.24, 2.45) is 5.73 Å². The Morgan fingerprint density at radius 1 is 1.12 bits per heavy atom. The molecule has 0 fully saturated rings. The molecule has 0 saturated heterocycles. The summed E-state index contributed by atoms with van der Waals surface area (Å²) in [7, 11) is 0. The third-order valence-corrected chi connectivity index (χ3v) is 4.60. The average Bonchev–Trinajstić information content (AvgIpc) is 2.88. The molecule has 0 amide bonds. The van der Waals surface area contributed by atoms with Crippen molar-refractivity contribution in [1.29, 1.82) is 0 Å². The fourth-order valence-corrected chi connectivity index (χ4v) is 3.22. The summed E-state index contributed by atoms with van der Waals surface area (Å²) in [4.78, 5) is 9.74. The van der Waals surface area contributed by atoms with E-state index in [1.54, 1.807) is 0 Å². The number of hydrogen-bond donors (Lipinski definition) is 1. The van der Waals surface area contributed by atoms with Crippen molar-refractivity contribution < 1.29 is 0 Å². The number of aromatic nitrogens is 3. The number of nitrogens with two attached hydrogens (primary N) is 1. The van der Waals surface area contributed by atoms with Crippen LogP contribution in [0.4, 0.5) is 0 Å². The van der Waals surface area contributed by atoms with E-state index in [1.807, 2.05) is 0 Å². The maximum absolute atomic E-state index is 5.98. The molecule has 4 heteroatoms. The molecule has 2 N–H and O–H groups in total. The van der Waals surface area contributed by atoms with E-state index in [0.717, 1.165) is 40.3 Å². The molecule has 0 aromatic carbocycles. The smallest absolute Gasteiger partial charge is 0.0917 e. The van der Waals surface area contributed by atoms with Crippen molar-refractivity contribution in [3.05, 3.63) is 46.9 Å². The molecule has 3 aromatic rings. The maximum atomic E-state index is 5.98. The van der Waals surface area contributed by atoms with Gasteiger partial charge in [0.05, 0.1) is 22.4 Å². The molecule has 0 aliphatic heterocycles. The lowest BCUT2D eigenvalue weighted by Crippen LogP contribution is -2.07. The highest BCUT2D eigenvalue weighted by Crippen LogP contribution is 2.30. The largest absolute Gasteiger partial charge is 0.346 e. The molecule has 4 nitrogen and oxygen atoms in total. The summed E-state index contributed by atoms with van der Waals surface area (Å²) in [6, 6.07) is 6.44. The molecular formula is C20H26N4. The van der Waals surface area contributed by atoms with Gasteiger partial charge in [-0.05, 0) is 56.0 Å². The summed E-state index contributed by atoms with van der Waals surface area (Å²) < 4.78 is 2.25. The Hall–Kier alpha value is -2.20. The van der Waals surface area contributed by atoms with Crippen molar-refractivity contribution in [1.82, 2.24) is 14.5 Å². The molecule has 0 atom stereocenters. The van der Waals surface area contributed by atoms with E-state index >= 15 is 0 Å². The first kappa shape index (κ1) is 16.7. The molecule has 0 radical (unpaired) electrons. The Bertz CT molecular complexity index is 890. The minimum absolute atomic E-state index is 0.390. The Morgan fingerprint density at radius 3 is 2.50 bits per heavy atom. The topological polar surface area (TPSA) is 56.7 Å². The summed E-state index contributed by atoms with van der Waals surface area (Å²) in [5.41, 5.74) is 14.6. The zero-order valence-electron chi connectivity index (χ0n) is 15.2. The van der Waals surface area contributed by atoms with Gasteiger partial charge in [-0.2, -0.15) is 0 Å². The van der Waals surface area contributed by atoms with Crippen molar-refractivity contribution in [2.45, 2.75) is 53.6 Å². The lowest BCUT2D eigenvalue weighted by Gasteiger charge is -2.13. The van der Waals surface area contributed by atoms with Crippen LogP contribution in [0.3, 0.4) is 0 Å². The maximum Gasteiger partial charge on any atom is 0.0917 e. The monoisotopic (exact) mass is 322 g/mol. The normalized spacial score (nSPS) is 11.6. The van der Waals surface area contributed by atoms with Crippen molar-refractivity contribution >= 4 is 11.0 Å². The van der Waals surface area contributed by atoms with Gasteiger partial charge in [0.2, 0.25) is 0 Å². The number of pyridine rings is 2. The first-order valence-electron chi connectivity index (χ1n) is 8.63. The first-order chi connectivity index (χ1) is 11.5. The molecule has 0 spiro atoms. The van der Waals surface area contributed by atoms with Gasteiger partial charge in [-0.3, -0.25) is 4.98 Å². The van der Waals surface area contributed by atoms with E-state index in [9.17, 15) is 0 Å². The van der Waals surface area contributed by atoms with Gasteiger partial charge in [-0.1, -0.05) is 13.8 Å². The Morgan fingerprint density at radius 2 is 1.88 bits per heavy atom. The number of aryl methyl sites for hydroxylation is 3. The van der Waals surface area contributed by atoms with Gasteiger partial charge >= 0.3 is 0 Å². The standard InChI is InChI=1S/C20H26N4/c1-6-24-11-14(5)20-18(24)9-13(4)19(23-20)15-7-8-16(12(2)3)22-17(15)10-21/h7-9,11-12H,6,10,21H2,1-5H3. The number of hydrogen-bond acceptors (Lipinski definition) is 3. The quantitative estimate of drug-likeness (QED) is 0.778. The minimum atomic E-state index is 0.390. The molecule has 3 aromatic heterocycles. The van der Waals surface area contributed by atoms with Gasteiger partial charge in [-0.15, -0.1) is 0 Å². The third kappa shape index (κ3) is 2.71. The van der Waals surface area contributed by atoms with E-state index in [4.69, 9.17) is 15.7 Å². The van der Waals surface area contributed by atoms with Crippen LogP contribution in [0.5, 0.6) is 0 Å². The molecular weight excluding hydrogens is 296 g/mol. The fourth-order valence-electron chi connectivity index (χ4n) is 3.22. The first-order valence-corrected chi connectivity index (χ1v) is 8.63. The lowest BCUT2D eigenvalue weighted by atomic mass is 10.0. The highest BCUT2D eigenvalue weighted by molar-refractivity contribution is 5.84. The van der Waals surface area contributed by atoms with Crippen molar-refractivity contribution in [2.75, 3.05) is 0 Å².